The van der Waals surface area contributed by atoms with Crippen LogP contribution >= 0.6 is 11.3 Å². The van der Waals surface area contributed by atoms with Gasteiger partial charge in [-0.25, -0.2) is 0 Å². The van der Waals surface area contributed by atoms with E-state index in [4.69, 9.17) is 0 Å². The predicted octanol–water partition coefficient (Wildman–Crippen LogP) is 1.78. The Labute approximate surface area is 125 Å². The maximum absolute atomic E-state index is 12.3. The first-order chi connectivity index (χ1) is 9.66. The van der Waals surface area contributed by atoms with Gasteiger partial charge >= 0.3 is 0 Å². The summed E-state index contributed by atoms with van der Waals surface area (Å²) in [5, 5.41) is 7.57. The number of hydrogen-bond donors (Lipinski definition) is 1. The van der Waals surface area contributed by atoms with Crippen LogP contribution in [0.4, 0.5) is 0 Å². The van der Waals surface area contributed by atoms with Crippen molar-refractivity contribution in [2.75, 3.05) is 33.7 Å². The third-order valence-corrected chi connectivity index (χ3v) is 4.71. The van der Waals surface area contributed by atoms with Gasteiger partial charge in [-0.3, -0.25) is 9.69 Å². The normalized spacial score (nSPS) is 19.9. The Bertz CT molecular complexity index is 399. The van der Waals surface area contributed by atoms with Crippen molar-refractivity contribution in [1.29, 1.82) is 0 Å². The lowest BCUT2D eigenvalue weighted by Gasteiger charge is -2.28. The molecule has 4 nitrogen and oxygen atoms in total. The van der Waals surface area contributed by atoms with E-state index in [1.807, 2.05) is 11.9 Å². The zero-order valence-electron chi connectivity index (χ0n) is 12.5. The van der Waals surface area contributed by atoms with Crippen LogP contribution in [-0.4, -0.2) is 55.5 Å². The first kappa shape index (κ1) is 15.5. The lowest BCUT2D eigenvalue weighted by atomic mass is 10.1. The summed E-state index contributed by atoms with van der Waals surface area (Å²) >= 11 is 1.68. The topological polar surface area (TPSA) is 35.6 Å². The van der Waals surface area contributed by atoms with Gasteiger partial charge in [0, 0.05) is 19.6 Å². The predicted molar refractivity (Wildman–Crippen MR) is 83.9 cm³/mol. The van der Waals surface area contributed by atoms with Gasteiger partial charge in [-0.15, -0.1) is 0 Å². The number of hydrogen-bond acceptors (Lipinski definition) is 4. The van der Waals surface area contributed by atoms with Gasteiger partial charge in [0.15, 0.2) is 0 Å². The van der Waals surface area contributed by atoms with Crippen LogP contribution in [0.5, 0.6) is 0 Å². The molecule has 1 atom stereocenters. The van der Waals surface area contributed by atoms with Crippen LogP contribution in [-0.2, 0) is 11.3 Å². The van der Waals surface area contributed by atoms with E-state index in [1.165, 1.54) is 18.4 Å². The summed E-state index contributed by atoms with van der Waals surface area (Å²) in [6.07, 6.45) is 3.52. The first-order valence-electron chi connectivity index (χ1n) is 7.33. The standard InChI is InChI=1S/C15H25N3OS/c1-17(14-4-3-7-16-8-5-14)11-15(19)18(2)10-13-6-9-20-12-13/h6,9,12,14,16H,3-5,7-8,10-11H2,1-2H3. The highest BCUT2D eigenvalue weighted by Crippen LogP contribution is 2.13. The molecule has 2 heterocycles. The summed E-state index contributed by atoms with van der Waals surface area (Å²) < 4.78 is 0. The van der Waals surface area contributed by atoms with Crippen LogP contribution in [0, 0.1) is 0 Å². The maximum atomic E-state index is 12.3. The van der Waals surface area contributed by atoms with Gasteiger partial charge in [0.05, 0.1) is 6.54 Å². The molecule has 0 radical (unpaired) electrons. The van der Waals surface area contributed by atoms with Gasteiger partial charge in [-0.2, -0.15) is 11.3 Å². The van der Waals surface area contributed by atoms with Gasteiger partial charge < -0.3 is 10.2 Å². The molecule has 1 N–H and O–H groups in total. The molecule has 1 fully saturated rings. The Kier molecular flexibility index (Phi) is 6.01. The molecule has 0 aromatic carbocycles. The van der Waals surface area contributed by atoms with Crippen molar-refractivity contribution in [3.63, 3.8) is 0 Å². The summed E-state index contributed by atoms with van der Waals surface area (Å²) in [4.78, 5) is 16.3. The molecule has 112 valence electrons. The molecular formula is C15H25N3OS. The summed E-state index contributed by atoms with van der Waals surface area (Å²) in [5.74, 6) is 0.205. The highest BCUT2D eigenvalue weighted by atomic mass is 32.1. The quantitative estimate of drug-likeness (QED) is 0.899. The third-order valence-electron chi connectivity index (χ3n) is 3.98. The van der Waals surface area contributed by atoms with Gasteiger partial charge in [0.1, 0.15) is 0 Å². The van der Waals surface area contributed by atoms with Crippen molar-refractivity contribution in [2.45, 2.75) is 31.8 Å². The zero-order valence-corrected chi connectivity index (χ0v) is 13.3. The summed E-state index contributed by atoms with van der Waals surface area (Å²) in [6, 6.07) is 2.61. The van der Waals surface area contributed by atoms with Gasteiger partial charge in [-0.05, 0) is 61.8 Å². The van der Waals surface area contributed by atoms with Crippen molar-refractivity contribution in [3.8, 4) is 0 Å². The summed E-state index contributed by atoms with van der Waals surface area (Å²) in [7, 11) is 3.97. The highest BCUT2D eigenvalue weighted by Gasteiger charge is 2.20. The zero-order chi connectivity index (χ0) is 14.4. The third kappa shape index (κ3) is 4.58. The van der Waals surface area contributed by atoms with Crippen molar-refractivity contribution in [1.82, 2.24) is 15.1 Å². The van der Waals surface area contributed by atoms with E-state index in [1.54, 1.807) is 11.3 Å². The second-order valence-electron chi connectivity index (χ2n) is 5.63. The molecule has 2 rings (SSSR count). The second-order valence-corrected chi connectivity index (χ2v) is 6.41. The molecule has 20 heavy (non-hydrogen) atoms. The van der Waals surface area contributed by atoms with Gasteiger partial charge in [-0.1, -0.05) is 0 Å². The number of nitrogens with one attached hydrogen (secondary N) is 1. The highest BCUT2D eigenvalue weighted by molar-refractivity contribution is 7.07. The minimum atomic E-state index is 0.205. The first-order valence-corrected chi connectivity index (χ1v) is 8.27. The number of nitrogens with zero attached hydrogens (tertiary/aromatic N) is 2. The SMILES string of the molecule is CN(Cc1ccsc1)C(=O)CN(C)C1CCCNCC1. The van der Waals surface area contributed by atoms with Crippen LogP contribution in [0.15, 0.2) is 16.8 Å². The molecule has 0 aliphatic carbocycles. The Morgan fingerprint density at radius 2 is 2.25 bits per heavy atom. The molecular weight excluding hydrogens is 270 g/mol. The minimum absolute atomic E-state index is 0.205. The van der Waals surface area contributed by atoms with Crippen LogP contribution in [0.25, 0.3) is 0 Å². The van der Waals surface area contributed by atoms with E-state index >= 15 is 0 Å². The number of rotatable bonds is 5. The Balaban J connectivity index is 1.80. The lowest BCUT2D eigenvalue weighted by molar-refractivity contribution is -0.131. The van der Waals surface area contributed by atoms with E-state index in [-0.39, 0.29) is 5.91 Å². The number of thiophene rings is 1. The van der Waals surface area contributed by atoms with Crippen LogP contribution in [0.1, 0.15) is 24.8 Å². The fourth-order valence-electron chi connectivity index (χ4n) is 2.65. The van der Waals surface area contributed by atoms with Crippen LogP contribution < -0.4 is 5.32 Å². The largest absolute Gasteiger partial charge is 0.340 e. The smallest absolute Gasteiger partial charge is 0.236 e. The lowest BCUT2D eigenvalue weighted by Crippen LogP contribution is -2.41. The van der Waals surface area contributed by atoms with Gasteiger partial charge in [0.25, 0.3) is 0 Å². The fraction of sp³-hybridized carbons (Fsp3) is 0.667. The minimum Gasteiger partial charge on any atom is -0.340 e. The van der Waals surface area contributed by atoms with Crippen LogP contribution in [0.2, 0.25) is 0 Å². The molecule has 1 aromatic rings. The van der Waals surface area contributed by atoms with Crippen molar-refractivity contribution in [3.05, 3.63) is 22.4 Å². The Morgan fingerprint density at radius 1 is 1.40 bits per heavy atom. The molecule has 0 bridgehead atoms. The molecule has 1 amide bonds. The van der Waals surface area contributed by atoms with E-state index in [0.717, 1.165) is 19.5 Å². The summed E-state index contributed by atoms with van der Waals surface area (Å²) in [5.41, 5.74) is 1.21. The van der Waals surface area contributed by atoms with E-state index in [0.29, 0.717) is 19.1 Å². The average Bonchev–Trinajstić information content (AvgIpc) is 2.78. The number of amides is 1. The maximum Gasteiger partial charge on any atom is 0.236 e. The molecule has 0 spiro atoms. The molecule has 0 saturated carbocycles. The molecule has 1 aromatic heterocycles. The Hall–Kier alpha value is -0.910. The Morgan fingerprint density at radius 3 is 3.00 bits per heavy atom. The van der Waals surface area contributed by atoms with Crippen molar-refractivity contribution in [2.24, 2.45) is 0 Å². The van der Waals surface area contributed by atoms with Crippen LogP contribution in [0.3, 0.4) is 0 Å². The number of carbonyl (C=O) groups is 1. The molecule has 1 aliphatic heterocycles. The van der Waals surface area contributed by atoms with E-state index in [2.05, 4.69) is 34.1 Å². The van der Waals surface area contributed by atoms with Crippen molar-refractivity contribution >= 4 is 17.2 Å². The molecule has 5 heteroatoms. The monoisotopic (exact) mass is 295 g/mol. The van der Waals surface area contributed by atoms with Gasteiger partial charge in [0.2, 0.25) is 5.91 Å². The van der Waals surface area contributed by atoms with Crippen molar-refractivity contribution < 1.29 is 4.79 Å². The molecule has 1 unspecified atom stereocenters. The van der Waals surface area contributed by atoms with E-state index < -0.39 is 0 Å². The second kappa shape index (κ2) is 7.76. The average molecular weight is 295 g/mol. The fourth-order valence-corrected chi connectivity index (χ4v) is 3.31. The van der Waals surface area contributed by atoms with E-state index in [9.17, 15) is 4.79 Å². The number of likely N-dealkylation sites (N-methyl/N-ethyl adjacent to an activating group) is 2. The number of carbonyl (C=O) groups excluding carboxylic acids is 1. The molecule has 1 aliphatic rings. The molecule has 1 saturated heterocycles. The summed E-state index contributed by atoms with van der Waals surface area (Å²) in [6.45, 7) is 3.40.